The van der Waals surface area contributed by atoms with Crippen molar-refractivity contribution in [2.45, 2.75) is 81.5 Å². The predicted molar refractivity (Wildman–Crippen MR) is 190 cm³/mol. The van der Waals surface area contributed by atoms with Crippen LogP contribution in [-0.4, -0.2) is 158 Å². The first kappa shape index (κ1) is 44.3. The molecule has 2 aliphatic heterocycles. The van der Waals surface area contributed by atoms with Crippen LogP contribution in [0, 0.1) is 5.92 Å². The molecule has 2 heterocycles. The Morgan fingerprint density at radius 3 is 1.47 bits per heavy atom. The van der Waals surface area contributed by atoms with Crippen molar-refractivity contribution in [3.05, 3.63) is 52.6 Å². The molecule has 22 heteroatoms. The number of rotatable bonds is 12. The molecule has 3 aromatic rings. The van der Waals surface area contributed by atoms with Crippen LogP contribution in [0.15, 0.2) is 30.3 Å². The molecule has 2 aliphatic rings. The zero-order valence-electron chi connectivity index (χ0n) is 30.9. The number of phenolic OH excluding ortho intramolecular Hbond substituents is 8. The Labute approximate surface area is 332 Å². The van der Waals surface area contributed by atoms with Gasteiger partial charge < -0.3 is 95.2 Å². The van der Waals surface area contributed by atoms with E-state index in [1.807, 2.05) is 0 Å². The molecule has 0 amide bonds. The summed E-state index contributed by atoms with van der Waals surface area (Å²) in [7, 11) is 0. The Morgan fingerprint density at radius 2 is 1.02 bits per heavy atom. The summed E-state index contributed by atoms with van der Waals surface area (Å²) in [5.41, 5.74) is -2.35. The highest BCUT2D eigenvalue weighted by atomic mass is 16.7. The number of carbonyl (C=O) groups is 3. The van der Waals surface area contributed by atoms with Crippen molar-refractivity contribution in [3.63, 3.8) is 0 Å². The largest absolute Gasteiger partial charge is 0.507 e. The Hall–Kier alpha value is -5.85. The molecular weight excluding hydrogens is 796 g/mol. The number of esters is 2. The van der Waals surface area contributed by atoms with Gasteiger partial charge in [0.25, 0.3) is 0 Å². The maximum Gasteiger partial charge on any atom is 0.338 e. The van der Waals surface area contributed by atoms with Gasteiger partial charge in [-0.15, -0.1) is 0 Å². The second kappa shape index (κ2) is 17.6. The molecule has 10 unspecified atom stereocenters. The lowest BCUT2D eigenvalue weighted by Crippen LogP contribution is -2.60. The van der Waals surface area contributed by atoms with Crippen LogP contribution in [0.25, 0.3) is 0 Å². The van der Waals surface area contributed by atoms with Crippen LogP contribution in [0.4, 0.5) is 0 Å². The quantitative estimate of drug-likeness (QED) is 0.0590. The zero-order valence-corrected chi connectivity index (χ0v) is 30.9. The lowest BCUT2D eigenvalue weighted by Gasteiger charge is -2.41. The number of aliphatic hydroxyl groups is 6. The second-order valence-corrected chi connectivity index (χ2v) is 14.2. The third kappa shape index (κ3) is 9.09. The number of benzene rings is 3. The highest BCUT2D eigenvalue weighted by Gasteiger charge is 2.49. The molecule has 322 valence electrons. The minimum absolute atomic E-state index is 0.291. The van der Waals surface area contributed by atoms with E-state index in [0.29, 0.717) is 0 Å². The summed E-state index contributed by atoms with van der Waals surface area (Å²) in [4.78, 5) is 38.9. The lowest BCUT2D eigenvalue weighted by atomic mass is 9.88. The summed E-state index contributed by atoms with van der Waals surface area (Å²) in [6, 6.07) is 3.74. The van der Waals surface area contributed by atoms with Crippen molar-refractivity contribution in [1.82, 2.24) is 0 Å². The minimum Gasteiger partial charge on any atom is -0.507 e. The van der Waals surface area contributed by atoms with Crippen molar-refractivity contribution in [2.75, 3.05) is 13.2 Å². The number of Topliss-reactive ketones (excluding diaryl/α,β-unsaturated/α-hetero) is 1. The molecule has 0 aliphatic carbocycles. The number of ketones is 1. The predicted octanol–water partition coefficient (Wildman–Crippen LogP) is -1.02. The summed E-state index contributed by atoms with van der Waals surface area (Å²) in [5.74, 6) is -11.7. The van der Waals surface area contributed by atoms with E-state index in [1.165, 1.54) is 0 Å². The Bertz CT molecular complexity index is 2020. The van der Waals surface area contributed by atoms with Gasteiger partial charge in [0.1, 0.15) is 91.0 Å². The molecule has 2 fully saturated rings. The minimum atomic E-state index is -2.13. The van der Waals surface area contributed by atoms with Gasteiger partial charge >= 0.3 is 11.9 Å². The van der Waals surface area contributed by atoms with Gasteiger partial charge in [-0.2, -0.15) is 0 Å². The molecule has 0 spiro atoms. The van der Waals surface area contributed by atoms with Gasteiger partial charge in [-0.1, -0.05) is 13.8 Å². The molecule has 59 heavy (non-hydrogen) atoms. The van der Waals surface area contributed by atoms with Gasteiger partial charge in [0.05, 0.1) is 16.7 Å². The molecule has 0 aromatic heterocycles. The van der Waals surface area contributed by atoms with Crippen LogP contribution in [-0.2, 0) is 18.9 Å². The summed E-state index contributed by atoms with van der Waals surface area (Å²) in [5, 5.41) is 145. The summed E-state index contributed by atoms with van der Waals surface area (Å²) in [6.07, 6.45) is -20.0. The molecule has 0 radical (unpaired) electrons. The fraction of sp³-hybridized carbons (Fsp3) is 0.432. The van der Waals surface area contributed by atoms with Crippen molar-refractivity contribution in [1.29, 1.82) is 0 Å². The number of phenols is 8. The van der Waals surface area contributed by atoms with Gasteiger partial charge in [-0.05, 0) is 30.2 Å². The number of hydrogen-bond acceptors (Lipinski definition) is 22. The number of carbonyl (C=O) groups excluding carboxylic acids is 3. The van der Waals surface area contributed by atoms with E-state index in [9.17, 15) is 85.9 Å². The van der Waals surface area contributed by atoms with E-state index in [-0.39, 0.29) is 12.3 Å². The van der Waals surface area contributed by atoms with E-state index in [2.05, 4.69) is 0 Å². The van der Waals surface area contributed by atoms with Crippen LogP contribution in [0.3, 0.4) is 0 Å². The van der Waals surface area contributed by atoms with Crippen LogP contribution in [0.5, 0.6) is 51.7 Å². The number of aromatic hydroxyl groups is 8. The number of aliphatic hydroxyl groups excluding tert-OH is 6. The monoisotopic (exact) mass is 838 g/mol. The lowest BCUT2D eigenvalue weighted by molar-refractivity contribution is -0.277. The van der Waals surface area contributed by atoms with Crippen molar-refractivity contribution >= 4 is 17.7 Å². The highest BCUT2D eigenvalue weighted by molar-refractivity contribution is 6.02. The molecule has 2 saturated heterocycles. The highest BCUT2D eigenvalue weighted by Crippen LogP contribution is 2.47. The first-order chi connectivity index (χ1) is 27.6. The average Bonchev–Trinajstić information content (AvgIpc) is 3.17. The van der Waals surface area contributed by atoms with Crippen LogP contribution in [0.2, 0.25) is 0 Å². The van der Waals surface area contributed by atoms with Gasteiger partial charge in [-0.25, -0.2) is 9.59 Å². The fourth-order valence-corrected chi connectivity index (χ4v) is 6.29. The molecule has 10 atom stereocenters. The topological polar surface area (TPSA) is 381 Å². The molecule has 3 aromatic carbocycles. The standard InChI is InChI=1S/C37H42O22/c1-11(2)3-14(38)23-20(58-37-33(52)31(50)28(47)22(59-37)10-56-36(54)13-6-18(42)26(45)19(43)7-13)8-15(39)24(29(23)48)34-32(51)30(49)27(46)21(57-34)9-55-35(53)12-4-16(40)25(44)17(41)5-12/h4-8,11,21-22,27-28,30-34,37,39-52H,3,9-10H2,1-2H3. The van der Waals surface area contributed by atoms with Gasteiger partial charge in [-0.3, -0.25) is 4.79 Å². The van der Waals surface area contributed by atoms with E-state index >= 15 is 0 Å². The van der Waals surface area contributed by atoms with Crippen LogP contribution >= 0.6 is 0 Å². The van der Waals surface area contributed by atoms with E-state index in [1.54, 1.807) is 13.8 Å². The zero-order chi connectivity index (χ0) is 43.8. The Balaban J connectivity index is 1.41. The third-order valence-electron chi connectivity index (χ3n) is 9.43. The third-order valence-corrected chi connectivity index (χ3v) is 9.43. The summed E-state index contributed by atoms with van der Waals surface area (Å²) in [6.45, 7) is 1.52. The average molecular weight is 839 g/mol. The number of hydrogen-bond donors (Lipinski definition) is 14. The molecule has 5 rings (SSSR count). The van der Waals surface area contributed by atoms with Gasteiger partial charge in [0, 0.05) is 12.5 Å². The summed E-state index contributed by atoms with van der Waals surface area (Å²) >= 11 is 0. The normalized spacial score (nSPS) is 26.9. The Morgan fingerprint density at radius 1 is 0.576 bits per heavy atom. The first-order valence-electron chi connectivity index (χ1n) is 17.6. The smallest absolute Gasteiger partial charge is 0.338 e. The second-order valence-electron chi connectivity index (χ2n) is 14.2. The van der Waals surface area contributed by atoms with Crippen molar-refractivity contribution in [3.8, 4) is 51.7 Å². The fourth-order valence-electron chi connectivity index (χ4n) is 6.29. The van der Waals surface area contributed by atoms with Crippen LogP contribution < -0.4 is 4.74 Å². The molecule has 22 nitrogen and oxygen atoms in total. The molecule has 0 saturated carbocycles. The summed E-state index contributed by atoms with van der Waals surface area (Å²) < 4.78 is 27.1. The van der Waals surface area contributed by atoms with Gasteiger partial charge in [0.2, 0.25) is 6.29 Å². The van der Waals surface area contributed by atoms with Crippen molar-refractivity contribution in [2.24, 2.45) is 5.92 Å². The maximum atomic E-state index is 13.6. The first-order valence-corrected chi connectivity index (χ1v) is 17.6. The number of ether oxygens (including phenoxy) is 5. The molecule has 14 N–H and O–H groups in total. The SMILES string of the molecule is CC(C)CC(=O)c1c(OC2OC(COC(=O)c3cc(O)c(O)c(O)c3)C(O)C(O)C2O)cc(O)c(C2OC(COC(=O)c3cc(O)c(O)c(O)c3)C(O)C(O)C2O)c1O. The maximum absolute atomic E-state index is 13.6. The van der Waals surface area contributed by atoms with Crippen LogP contribution in [0.1, 0.15) is 63.0 Å². The Kier molecular flexibility index (Phi) is 13.2. The van der Waals surface area contributed by atoms with E-state index < -0.39 is 166 Å². The molecule has 0 bridgehead atoms. The van der Waals surface area contributed by atoms with Gasteiger partial charge in [0.15, 0.2) is 40.3 Å². The van der Waals surface area contributed by atoms with E-state index in [0.717, 1.165) is 30.3 Å². The molecular formula is C37H42O22. The van der Waals surface area contributed by atoms with Crippen molar-refractivity contribution < 1.29 is 110 Å². The van der Waals surface area contributed by atoms with E-state index in [4.69, 9.17) is 23.7 Å².